The molecule has 0 N–H and O–H groups in total. The molecule has 148 valence electrons. The van der Waals surface area contributed by atoms with Crippen LogP contribution in [0.5, 0.6) is 5.75 Å². The maximum absolute atomic E-state index is 14.2. The van der Waals surface area contributed by atoms with E-state index in [0.717, 1.165) is 24.0 Å². The van der Waals surface area contributed by atoms with Gasteiger partial charge in [0.25, 0.3) is 0 Å². The van der Waals surface area contributed by atoms with Crippen LogP contribution in [0.1, 0.15) is 44.7 Å². The molecule has 1 amide bonds. The van der Waals surface area contributed by atoms with Crippen LogP contribution in [-0.2, 0) is 16.9 Å². The first-order valence-electron chi connectivity index (χ1n) is 9.77. The highest BCUT2D eigenvalue weighted by Crippen LogP contribution is 2.64. The van der Waals surface area contributed by atoms with E-state index in [4.69, 9.17) is 9.47 Å². The summed E-state index contributed by atoms with van der Waals surface area (Å²) in [5.41, 5.74) is 0.700. The first kappa shape index (κ1) is 18.8. The van der Waals surface area contributed by atoms with Crippen LogP contribution in [-0.4, -0.2) is 23.1 Å². The summed E-state index contributed by atoms with van der Waals surface area (Å²) in [6.45, 7) is 6.58. The topological polar surface area (TPSA) is 38.8 Å². The van der Waals surface area contributed by atoms with Gasteiger partial charge in [0.2, 0.25) is 0 Å². The van der Waals surface area contributed by atoms with Gasteiger partial charge in [-0.3, -0.25) is 4.90 Å². The standard InChI is InChI=1S/C23H26FNO3/c1-22(2,3)28-21(26)25-12-11-17-14-23(17,25)19-13-18(24)9-10-20(19)27-15-16-7-5-4-6-8-16/h4-10,13,17H,11-12,14-15H2,1-3H3. The van der Waals surface area contributed by atoms with Crippen LogP contribution in [0.2, 0.25) is 0 Å². The van der Waals surface area contributed by atoms with Crippen LogP contribution in [0.3, 0.4) is 0 Å². The fraction of sp³-hybridized carbons (Fsp3) is 0.435. The summed E-state index contributed by atoms with van der Waals surface area (Å²) in [7, 11) is 0. The Balaban J connectivity index is 1.62. The molecule has 1 aliphatic heterocycles. The van der Waals surface area contributed by atoms with Gasteiger partial charge >= 0.3 is 6.09 Å². The third-order valence-electron chi connectivity index (χ3n) is 5.51. The van der Waals surface area contributed by atoms with Gasteiger partial charge in [0, 0.05) is 12.1 Å². The van der Waals surface area contributed by atoms with E-state index >= 15 is 0 Å². The molecule has 1 saturated carbocycles. The van der Waals surface area contributed by atoms with Gasteiger partial charge < -0.3 is 9.47 Å². The molecule has 0 spiro atoms. The molecule has 0 radical (unpaired) electrons. The second kappa shape index (κ2) is 6.80. The van der Waals surface area contributed by atoms with Gasteiger partial charge in [-0.2, -0.15) is 0 Å². The molecule has 0 bridgehead atoms. The lowest BCUT2D eigenvalue weighted by molar-refractivity contribution is 0.0167. The monoisotopic (exact) mass is 383 g/mol. The summed E-state index contributed by atoms with van der Waals surface area (Å²) in [4.78, 5) is 14.6. The Morgan fingerprint density at radius 1 is 1.21 bits per heavy atom. The minimum atomic E-state index is -0.570. The third kappa shape index (κ3) is 3.46. The Bertz CT molecular complexity index is 877. The van der Waals surface area contributed by atoms with E-state index in [0.29, 0.717) is 24.8 Å². The summed E-state index contributed by atoms with van der Waals surface area (Å²) in [5.74, 6) is 0.627. The molecule has 1 aliphatic carbocycles. The molecule has 5 heteroatoms. The molecule has 2 fully saturated rings. The maximum Gasteiger partial charge on any atom is 0.411 e. The maximum atomic E-state index is 14.2. The average molecular weight is 383 g/mol. The largest absolute Gasteiger partial charge is 0.489 e. The van der Waals surface area contributed by atoms with E-state index in [1.165, 1.54) is 12.1 Å². The number of piperidine rings is 1. The lowest BCUT2D eigenvalue weighted by Gasteiger charge is -2.32. The molecular weight excluding hydrogens is 357 g/mol. The number of amides is 1. The molecule has 28 heavy (non-hydrogen) atoms. The number of carbonyl (C=O) groups excluding carboxylic acids is 1. The lowest BCUT2D eigenvalue weighted by Crippen LogP contribution is -2.42. The van der Waals surface area contributed by atoms with Crippen molar-refractivity contribution in [1.29, 1.82) is 0 Å². The molecule has 4 nitrogen and oxygen atoms in total. The van der Waals surface area contributed by atoms with Crippen molar-refractivity contribution in [3.8, 4) is 5.75 Å². The van der Waals surface area contributed by atoms with E-state index in [1.807, 2.05) is 51.1 Å². The van der Waals surface area contributed by atoms with Crippen molar-refractivity contribution in [3.05, 3.63) is 65.5 Å². The first-order valence-corrected chi connectivity index (χ1v) is 9.77. The molecule has 2 unspecified atom stereocenters. The number of ether oxygens (including phenoxy) is 2. The molecule has 2 atom stereocenters. The Kier molecular flexibility index (Phi) is 4.56. The number of rotatable bonds is 4. The highest BCUT2D eigenvalue weighted by molar-refractivity contribution is 5.72. The van der Waals surface area contributed by atoms with Crippen LogP contribution in [0.25, 0.3) is 0 Å². The first-order chi connectivity index (χ1) is 13.3. The van der Waals surface area contributed by atoms with Crippen LogP contribution in [0, 0.1) is 11.7 Å². The lowest BCUT2D eigenvalue weighted by atomic mass is 10.0. The van der Waals surface area contributed by atoms with Crippen LogP contribution in [0.15, 0.2) is 48.5 Å². The van der Waals surface area contributed by atoms with E-state index in [9.17, 15) is 9.18 Å². The van der Waals surface area contributed by atoms with Gasteiger partial charge in [0.1, 0.15) is 23.8 Å². The Labute approximate surface area is 165 Å². The van der Waals surface area contributed by atoms with Gasteiger partial charge in [-0.1, -0.05) is 30.3 Å². The van der Waals surface area contributed by atoms with Crippen molar-refractivity contribution in [2.24, 2.45) is 5.92 Å². The predicted molar refractivity (Wildman–Crippen MR) is 105 cm³/mol. The molecule has 0 aromatic heterocycles. The number of halogens is 1. The molecule has 2 aromatic rings. The summed E-state index contributed by atoms with van der Waals surface area (Å²) in [6, 6.07) is 14.4. The van der Waals surface area contributed by atoms with Crippen molar-refractivity contribution < 1.29 is 18.7 Å². The number of hydrogen-bond acceptors (Lipinski definition) is 3. The van der Waals surface area contributed by atoms with Gasteiger partial charge in [0.15, 0.2) is 0 Å². The van der Waals surface area contributed by atoms with Gasteiger partial charge in [-0.15, -0.1) is 0 Å². The van der Waals surface area contributed by atoms with Gasteiger partial charge in [-0.25, -0.2) is 9.18 Å². The predicted octanol–water partition coefficient (Wildman–Crippen LogP) is 5.26. The zero-order chi connectivity index (χ0) is 19.9. The van der Waals surface area contributed by atoms with Crippen molar-refractivity contribution in [2.45, 2.75) is 51.4 Å². The highest BCUT2D eigenvalue weighted by Gasteiger charge is 2.66. The zero-order valence-electron chi connectivity index (χ0n) is 16.6. The quantitative estimate of drug-likeness (QED) is 0.723. The fourth-order valence-corrected chi connectivity index (χ4v) is 4.22. The SMILES string of the molecule is CC(C)(C)OC(=O)N1CCC2CC21c1cc(F)ccc1OCc1ccccc1. The Hall–Kier alpha value is -2.56. The van der Waals surface area contributed by atoms with Crippen molar-refractivity contribution >= 4 is 6.09 Å². The number of fused-ring (bicyclic) bond motifs is 1. The van der Waals surface area contributed by atoms with Gasteiger partial charge in [-0.05, 0) is 63.3 Å². The molecule has 2 aliphatic rings. The molecular formula is C23H26FNO3. The normalized spacial score (nSPS) is 23.3. The third-order valence-corrected chi connectivity index (χ3v) is 5.51. The van der Waals surface area contributed by atoms with Crippen LogP contribution < -0.4 is 4.74 Å². The summed E-state index contributed by atoms with van der Waals surface area (Å²) in [6.07, 6.45) is 1.37. The van der Waals surface area contributed by atoms with Crippen molar-refractivity contribution in [1.82, 2.24) is 4.90 Å². The van der Waals surface area contributed by atoms with E-state index in [2.05, 4.69) is 0 Å². The highest BCUT2D eigenvalue weighted by atomic mass is 19.1. The van der Waals surface area contributed by atoms with Gasteiger partial charge in [0.05, 0.1) is 5.54 Å². The fourth-order valence-electron chi connectivity index (χ4n) is 4.22. The molecule has 1 heterocycles. The average Bonchev–Trinajstić information content (AvgIpc) is 3.24. The van der Waals surface area contributed by atoms with E-state index < -0.39 is 11.1 Å². The Morgan fingerprint density at radius 2 is 1.96 bits per heavy atom. The minimum Gasteiger partial charge on any atom is -0.489 e. The number of carbonyl (C=O) groups is 1. The number of benzene rings is 2. The summed E-state index contributed by atoms with van der Waals surface area (Å²) in [5, 5.41) is 0. The van der Waals surface area contributed by atoms with E-state index in [1.54, 1.807) is 11.0 Å². The summed E-state index contributed by atoms with van der Waals surface area (Å²) >= 11 is 0. The zero-order valence-corrected chi connectivity index (χ0v) is 16.6. The van der Waals surface area contributed by atoms with E-state index in [-0.39, 0.29) is 11.9 Å². The van der Waals surface area contributed by atoms with Crippen LogP contribution >= 0.6 is 0 Å². The number of hydrogen-bond donors (Lipinski definition) is 0. The smallest absolute Gasteiger partial charge is 0.411 e. The van der Waals surface area contributed by atoms with Crippen LogP contribution in [0.4, 0.5) is 9.18 Å². The van der Waals surface area contributed by atoms with Crippen molar-refractivity contribution in [2.75, 3.05) is 6.54 Å². The Morgan fingerprint density at radius 3 is 2.64 bits per heavy atom. The second-order valence-electron chi connectivity index (χ2n) is 8.66. The summed E-state index contributed by atoms with van der Waals surface area (Å²) < 4.78 is 25.8. The second-order valence-corrected chi connectivity index (χ2v) is 8.66. The molecule has 1 saturated heterocycles. The minimum absolute atomic E-state index is 0.320. The number of likely N-dealkylation sites (tertiary alicyclic amines) is 1. The number of nitrogens with zero attached hydrogens (tertiary/aromatic N) is 1. The van der Waals surface area contributed by atoms with Crippen molar-refractivity contribution in [3.63, 3.8) is 0 Å². The molecule has 4 rings (SSSR count). The molecule has 2 aromatic carbocycles.